The molecule has 0 heterocycles. The molecule has 3 N–H and O–H groups in total. The topological polar surface area (TPSA) is 223 Å². The number of aryl methyl sites for hydroxylation is 1. The van der Waals surface area contributed by atoms with Crippen molar-refractivity contribution in [3.05, 3.63) is 180 Å². The van der Waals surface area contributed by atoms with Crippen LogP contribution in [-0.2, 0) is 0 Å². The van der Waals surface area contributed by atoms with E-state index in [1.165, 1.54) is 14.2 Å². The molecule has 0 fully saturated rings. The Hall–Kier alpha value is -10.4. The number of hydrogen-bond donors (Lipinski definition) is 3. The van der Waals surface area contributed by atoms with Crippen LogP contribution in [0, 0.1) is 6.92 Å². The summed E-state index contributed by atoms with van der Waals surface area (Å²) < 4.78 is 29.3. The molecule has 80 heavy (non-hydrogen) atoms. The van der Waals surface area contributed by atoms with Crippen LogP contribution in [0.2, 0.25) is 0 Å². The Morgan fingerprint density at radius 3 is 1.50 bits per heavy atom. The lowest BCUT2D eigenvalue weighted by atomic mass is 10.1. The Morgan fingerprint density at radius 2 is 0.938 bits per heavy atom. The van der Waals surface area contributed by atoms with Crippen LogP contribution in [0.15, 0.2) is 205 Å². The van der Waals surface area contributed by atoms with Crippen LogP contribution in [0.1, 0.15) is 53.5 Å². The van der Waals surface area contributed by atoms with E-state index in [2.05, 4.69) is 58.5 Å². The number of methoxy groups -OCH3 is 2. The average molecular weight is 1070 g/mol. The minimum atomic E-state index is -0.245. The van der Waals surface area contributed by atoms with Crippen molar-refractivity contribution >= 4 is 90.2 Å². The van der Waals surface area contributed by atoms with Gasteiger partial charge in [0.05, 0.1) is 51.1 Å². The lowest BCUT2D eigenvalue weighted by Gasteiger charge is -2.12. The Morgan fingerprint density at radius 1 is 0.438 bits per heavy atom. The van der Waals surface area contributed by atoms with E-state index in [0.717, 1.165) is 28.5 Å². The van der Waals surface area contributed by atoms with Gasteiger partial charge in [-0.2, -0.15) is 15.3 Å². The largest absolute Gasteiger partial charge is 0.505 e. The Labute approximate surface area is 461 Å². The Kier molecular flexibility index (Phi) is 17.5. The Balaban J connectivity index is 0.858. The molecule has 18 nitrogen and oxygen atoms in total. The van der Waals surface area contributed by atoms with Crippen molar-refractivity contribution in [1.29, 1.82) is 0 Å². The van der Waals surface area contributed by atoms with Gasteiger partial charge in [-0.25, -0.2) is 0 Å². The fourth-order valence-corrected chi connectivity index (χ4v) is 8.32. The molecule has 0 bridgehead atoms. The first-order chi connectivity index (χ1) is 39.0. The molecule has 18 heteroatoms. The average Bonchev–Trinajstić information content (AvgIpc) is 3.48. The van der Waals surface area contributed by atoms with E-state index in [9.17, 15) is 14.7 Å². The van der Waals surface area contributed by atoms with Gasteiger partial charge in [-0.05, 0) is 147 Å². The Bertz CT molecular complexity index is 3850. The summed E-state index contributed by atoms with van der Waals surface area (Å²) in [5.41, 5.74) is 6.41. The van der Waals surface area contributed by atoms with Crippen molar-refractivity contribution in [3.63, 3.8) is 0 Å². The number of carbonyl (C=O) groups is 2. The number of anilines is 2. The highest BCUT2D eigenvalue weighted by Gasteiger charge is 2.17. The van der Waals surface area contributed by atoms with E-state index in [4.69, 9.17) is 23.7 Å². The number of nitrogens with one attached hydrogen (secondary N) is 2. The number of phenols is 1. The molecule has 0 aliphatic rings. The van der Waals surface area contributed by atoms with E-state index >= 15 is 0 Å². The number of azo groups is 4. The number of amides is 2. The molecule has 0 aliphatic heterocycles. The maximum atomic E-state index is 13.3. The number of nitrogens with zero attached hydrogens (tertiary/aromatic N) is 8. The van der Waals surface area contributed by atoms with Gasteiger partial charge in [-0.15, -0.1) is 25.6 Å². The van der Waals surface area contributed by atoms with E-state index in [0.29, 0.717) is 116 Å². The van der Waals surface area contributed by atoms with Crippen molar-refractivity contribution in [2.45, 2.75) is 34.1 Å². The molecule has 0 radical (unpaired) electrons. The summed E-state index contributed by atoms with van der Waals surface area (Å²) >= 11 is 0. The molecular weight excluding hydrogens is 1010 g/mol. The van der Waals surface area contributed by atoms with Crippen molar-refractivity contribution in [2.24, 2.45) is 40.9 Å². The first kappa shape index (κ1) is 54.4. The number of hydrogen-bond acceptors (Lipinski definition) is 16. The zero-order chi connectivity index (χ0) is 56.0. The quantitative estimate of drug-likeness (QED) is 0.0586. The minimum Gasteiger partial charge on any atom is -0.505 e. The van der Waals surface area contributed by atoms with Crippen LogP contribution >= 0.6 is 0 Å². The maximum absolute atomic E-state index is 13.3. The van der Waals surface area contributed by atoms with E-state index < -0.39 is 0 Å². The van der Waals surface area contributed by atoms with Gasteiger partial charge in [0.15, 0.2) is 5.75 Å². The van der Waals surface area contributed by atoms with E-state index in [1.54, 1.807) is 121 Å². The molecule has 9 rings (SSSR count). The number of fused-ring (bicyclic) bond motifs is 2. The number of benzene rings is 9. The number of carbonyl (C=O) groups excluding carboxylic acids is 2. The van der Waals surface area contributed by atoms with Crippen molar-refractivity contribution in [2.75, 3.05) is 44.7 Å². The summed E-state index contributed by atoms with van der Waals surface area (Å²) in [7, 11) is 2.97. The molecule has 0 unspecified atom stereocenters. The van der Waals surface area contributed by atoms with Gasteiger partial charge in [0.1, 0.15) is 57.2 Å². The standard InChI is InChI=1S/C62H56N10O8/c1-7-30-80-55-17-13-16-40-32-45(24-26-47(40)55)64-62(75)42-19-28-49(38(4)31-42)67-65-43-20-22-44(23-21-43)66-69-53-36-59(79-9-3)54(37-58(53)78-8-2)72-71-52-35-56(76-5)51(34-57(52)77-6)70-68-50-29-18-41-33-46(25-27-48(41)60(50)73)63-61(74)39-14-11-10-12-15-39/h10-29,31-37,73H,7-9,30H2,1-6H3,(H,63,74)(H,64,75). The van der Waals surface area contributed by atoms with Gasteiger partial charge >= 0.3 is 0 Å². The lowest BCUT2D eigenvalue weighted by Crippen LogP contribution is -2.11. The molecule has 0 aliphatic carbocycles. The third-order valence-electron chi connectivity index (χ3n) is 12.3. The smallest absolute Gasteiger partial charge is 0.255 e. The second kappa shape index (κ2) is 25.7. The molecule has 9 aromatic rings. The number of rotatable bonds is 21. The molecule has 2 amide bonds. The zero-order valence-corrected chi connectivity index (χ0v) is 44.8. The van der Waals surface area contributed by atoms with Crippen molar-refractivity contribution in [1.82, 2.24) is 0 Å². The number of aromatic hydroxyl groups is 1. The third kappa shape index (κ3) is 13.1. The monoisotopic (exact) mass is 1070 g/mol. The molecule has 0 aromatic heterocycles. The van der Waals surface area contributed by atoms with Crippen molar-refractivity contribution < 1.29 is 38.4 Å². The van der Waals surface area contributed by atoms with Gasteiger partial charge in [-0.1, -0.05) is 43.3 Å². The van der Waals surface area contributed by atoms with E-state index in [-0.39, 0.29) is 23.3 Å². The minimum absolute atomic E-state index is 0.0902. The molecule has 0 saturated carbocycles. The molecular formula is C62H56N10O8. The molecule has 0 atom stereocenters. The molecule has 0 saturated heterocycles. The van der Waals surface area contributed by atoms with E-state index in [1.807, 2.05) is 63.2 Å². The lowest BCUT2D eigenvalue weighted by molar-refractivity contribution is 0.101. The van der Waals surface area contributed by atoms with Crippen LogP contribution in [0.5, 0.6) is 34.5 Å². The summed E-state index contributed by atoms with van der Waals surface area (Å²) in [6.07, 6.45) is 0.915. The van der Waals surface area contributed by atoms with Gasteiger partial charge < -0.3 is 39.4 Å². The molecule has 0 spiro atoms. The highest BCUT2D eigenvalue weighted by molar-refractivity contribution is 6.07. The highest BCUT2D eigenvalue weighted by atomic mass is 16.5. The van der Waals surface area contributed by atoms with Gasteiger partial charge in [0, 0.05) is 57.5 Å². The first-order valence-corrected chi connectivity index (χ1v) is 25.7. The van der Waals surface area contributed by atoms with Gasteiger partial charge in [0.2, 0.25) is 0 Å². The third-order valence-corrected chi connectivity index (χ3v) is 12.3. The SMILES string of the molecule is CCCOc1cccc2cc(NC(=O)c3ccc(N=Nc4ccc(N=Nc5cc(OCC)c(N=Nc6cc(OC)c(N=Nc7ccc8cc(NC(=O)c9ccccc9)ccc8c7O)cc6OC)cc5OCC)cc4)c(C)c3)ccc12. The normalized spacial score (nSPS) is 11.5. The first-order valence-electron chi connectivity index (χ1n) is 25.7. The fourth-order valence-electron chi connectivity index (χ4n) is 8.32. The van der Waals surface area contributed by atoms with Crippen molar-refractivity contribution in [3.8, 4) is 34.5 Å². The predicted molar refractivity (Wildman–Crippen MR) is 310 cm³/mol. The highest BCUT2D eigenvalue weighted by Crippen LogP contribution is 2.45. The zero-order valence-electron chi connectivity index (χ0n) is 44.8. The summed E-state index contributed by atoms with van der Waals surface area (Å²) in [5.74, 6) is 1.64. The summed E-state index contributed by atoms with van der Waals surface area (Å²) in [5, 5.41) is 55.9. The molecule has 9 aromatic carbocycles. The van der Waals surface area contributed by atoms with Crippen LogP contribution < -0.4 is 34.3 Å². The van der Waals surface area contributed by atoms with Crippen LogP contribution in [0.25, 0.3) is 21.5 Å². The maximum Gasteiger partial charge on any atom is 0.255 e. The number of phenolic OH excluding ortho intramolecular Hbond substituents is 1. The predicted octanol–water partition coefficient (Wildman–Crippen LogP) is 17.8. The molecule has 402 valence electrons. The second-order valence-corrected chi connectivity index (χ2v) is 17.9. The second-order valence-electron chi connectivity index (χ2n) is 17.9. The van der Waals surface area contributed by atoms with Gasteiger partial charge in [0.25, 0.3) is 11.8 Å². The van der Waals surface area contributed by atoms with Crippen LogP contribution in [-0.4, -0.2) is 51.0 Å². The fraction of sp³-hybridized carbons (Fsp3) is 0.161. The number of ether oxygens (including phenoxy) is 5. The summed E-state index contributed by atoms with van der Waals surface area (Å²) in [4.78, 5) is 26.0. The van der Waals surface area contributed by atoms with Gasteiger partial charge in [-0.3, -0.25) is 9.59 Å². The summed E-state index contributed by atoms with van der Waals surface area (Å²) in [6, 6.07) is 48.1. The van der Waals surface area contributed by atoms with Crippen LogP contribution in [0.3, 0.4) is 0 Å². The van der Waals surface area contributed by atoms with Crippen LogP contribution in [0.4, 0.5) is 56.9 Å². The summed E-state index contributed by atoms with van der Waals surface area (Å²) in [6.45, 7) is 8.94.